The smallest absolute Gasteiger partial charge is 0.222 e. The molecule has 0 spiro atoms. The zero-order valence-corrected chi connectivity index (χ0v) is 16.5. The van der Waals surface area contributed by atoms with Crippen molar-refractivity contribution in [3.8, 4) is 5.75 Å². The number of benzene rings is 1. The summed E-state index contributed by atoms with van der Waals surface area (Å²) in [5, 5.41) is 3.04. The molecule has 1 fully saturated rings. The van der Waals surface area contributed by atoms with E-state index in [2.05, 4.69) is 10.3 Å². The molecule has 3 N–H and O–H groups in total. The van der Waals surface area contributed by atoms with Crippen molar-refractivity contribution in [2.75, 3.05) is 32.1 Å². The molecule has 1 aliphatic heterocycles. The Hall–Kier alpha value is -1.51. The first-order valence-corrected chi connectivity index (χ1v) is 8.18. The molecule has 1 aromatic rings. The van der Waals surface area contributed by atoms with Crippen LogP contribution in [0.15, 0.2) is 29.3 Å². The van der Waals surface area contributed by atoms with Crippen molar-refractivity contribution in [2.45, 2.75) is 32.1 Å². The fourth-order valence-electron chi connectivity index (χ4n) is 2.62. The van der Waals surface area contributed by atoms with E-state index in [1.807, 2.05) is 29.2 Å². The number of rotatable bonds is 6. The molecule has 1 aliphatic rings. The van der Waals surface area contributed by atoms with Gasteiger partial charge in [-0.3, -0.25) is 9.79 Å². The number of hydrogen-bond acceptors (Lipinski definition) is 3. The maximum absolute atomic E-state index is 11.9. The highest BCUT2D eigenvalue weighted by molar-refractivity contribution is 14.0. The third-order valence-corrected chi connectivity index (χ3v) is 3.88. The molecule has 2 rings (SSSR count). The lowest BCUT2D eigenvalue weighted by Crippen LogP contribution is -2.31. The van der Waals surface area contributed by atoms with Gasteiger partial charge in [-0.05, 0) is 31.4 Å². The van der Waals surface area contributed by atoms with Gasteiger partial charge < -0.3 is 20.7 Å². The van der Waals surface area contributed by atoms with E-state index >= 15 is 0 Å². The van der Waals surface area contributed by atoms with Crippen LogP contribution in [0.4, 0.5) is 5.69 Å². The predicted molar refractivity (Wildman–Crippen MR) is 108 cm³/mol. The average Bonchev–Trinajstić information content (AvgIpc) is 2.76. The molecule has 1 amide bonds. The Labute approximate surface area is 160 Å². The van der Waals surface area contributed by atoms with Gasteiger partial charge in [0.25, 0.3) is 0 Å². The standard InChI is InChI=1S/C17H26N4O2.HI/c1-23-15-8-5-7-14(13-15)20-17(18)19-10-6-12-21-11-4-2-3-9-16(21)22;/h5,7-8,13H,2-4,6,9-12H2,1H3,(H3,18,19,20);1H. The van der Waals surface area contributed by atoms with Gasteiger partial charge in [-0.25, -0.2) is 0 Å². The number of nitrogens with one attached hydrogen (secondary N) is 1. The molecular weight excluding hydrogens is 419 g/mol. The van der Waals surface area contributed by atoms with Gasteiger partial charge in [-0.15, -0.1) is 24.0 Å². The summed E-state index contributed by atoms with van der Waals surface area (Å²) in [6.07, 6.45) is 4.78. The summed E-state index contributed by atoms with van der Waals surface area (Å²) in [4.78, 5) is 18.2. The summed E-state index contributed by atoms with van der Waals surface area (Å²) in [5.74, 6) is 1.41. The molecule has 1 saturated heterocycles. The minimum absolute atomic E-state index is 0. The van der Waals surface area contributed by atoms with Gasteiger partial charge >= 0.3 is 0 Å². The summed E-state index contributed by atoms with van der Waals surface area (Å²) in [6, 6.07) is 7.52. The van der Waals surface area contributed by atoms with Gasteiger partial charge in [-0.2, -0.15) is 0 Å². The first kappa shape index (κ1) is 20.5. The fourth-order valence-corrected chi connectivity index (χ4v) is 2.62. The number of methoxy groups -OCH3 is 1. The van der Waals surface area contributed by atoms with Crippen LogP contribution >= 0.6 is 24.0 Å². The number of hydrogen-bond donors (Lipinski definition) is 2. The Morgan fingerprint density at radius 2 is 2.21 bits per heavy atom. The van der Waals surface area contributed by atoms with Crippen molar-refractivity contribution >= 4 is 41.5 Å². The first-order valence-electron chi connectivity index (χ1n) is 8.18. The number of carbonyl (C=O) groups excluding carboxylic acids is 1. The summed E-state index contributed by atoms with van der Waals surface area (Å²) >= 11 is 0. The Kier molecular flexibility index (Phi) is 9.51. The van der Waals surface area contributed by atoms with Crippen LogP contribution < -0.4 is 15.8 Å². The second-order valence-corrected chi connectivity index (χ2v) is 5.67. The molecule has 0 saturated carbocycles. The third-order valence-electron chi connectivity index (χ3n) is 3.88. The van der Waals surface area contributed by atoms with Crippen LogP contribution in [-0.2, 0) is 4.79 Å². The molecular formula is C17H27IN4O2. The number of guanidine groups is 1. The van der Waals surface area contributed by atoms with Gasteiger partial charge in [0, 0.05) is 37.8 Å². The number of carbonyl (C=O) groups is 1. The lowest BCUT2D eigenvalue weighted by molar-refractivity contribution is -0.130. The molecule has 6 nitrogen and oxygen atoms in total. The molecule has 0 aromatic heterocycles. The maximum atomic E-state index is 11.9. The maximum Gasteiger partial charge on any atom is 0.222 e. The molecule has 1 aromatic carbocycles. The molecule has 0 aliphatic carbocycles. The normalized spacial score (nSPS) is 15.5. The number of halogens is 1. The Balaban J connectivity index is 0.00000288. The number of ether oxygens (including phenoxy) is 1. The van der Waals surface area contributed by atoms with E-state index < -0.39 is 0 Å². The van der Waals surface area contributed by atoms with Crippen LogP contribution in [0.25, 0.3) is 0 Å². The summed E-state index contributed by atoms with van der Waals surface area (Å²) in [7, 11) is 1.63. The van der Waals surface area contributed by atoms with Crippen molar-refractivity contribution in [3.05, 3.63) is 24.3 Å². The zero-order valence-electron chi connectivity index (χ0n) is 14.2. The number of nitrogens with zero attached hydrogens (tertiary/aromatic N) is 2. The SMILES string of the molecule is COc1cccc(NC(N)=NCCCN2CCCCCC2=O)c1.I. The molecule has 0 radical (unpaired) electrons. The van der Waals surface area contributed by atoms with Crippen molar-refractivity contribution < 1.29 is 9.53 Å². The highest BCUT2D eigenvalue weighted by Gasteiger charge is 2.15. The number of nitrogens with two attached hydrogens (primary N) is 1. The number of aliphatic imine (C=N–C) groups is 1. The Morgan fingerprint density at radius 1 is 1.38 bits per heavy atom. The number of likely N-dealkylation sites (tertiary alicyclic amines) is 1. The monoisotopic (exact) mass is 446 g/mol. The van der Waals surface area contributed by atoms with Crippen LogP contribution in [0.2, 0.25) is 0 Å². The second kappa shape index (κ2) is 11.1. The Bertz CT molecular complexity index is 551. The molecule has 1 heterocycles. The van der Waals surface area contributed by atoms with Crippen LogP contribution in [-0.4, -0.2) is 43.5 Å². The molecule has 0 bridgehead atoms. The predicted octanol–water partition coefficient (Wildman–Crippen LogP) is 2.83. The van der Waals surface area contributed by atoms with E-state index in [0.29, 0.717) is 18.9 Å². The highest BCUT2D eigenvalue weighted by Crippen LogP contribution is 2.16. The van der Waals surface area contributed by atoms with E-state index in [0.717, 1.165) is 50.2 Å². The average molecular weight is 446 g/mol. The van der Waals surface area contributed by atoms with Crippen molar-refractivity contribution in [1.82, 2.24) is 4.90 Å². The van der Waals surface area contributed by atoms with Crippen molar-refractivity contribution in [3.63, 3.8) is 0 Å². The van der Waals surface area contributed by atoms with E-state index in [9.17, 15) is 4.79 Å². The summed E-state index contributed by atoms with van der Waals surface area (Å²) in [5.41, 5.74) is 6.73. The third kappa shape index (κ3) is 6.94. The van der Waals surface area contributed by atoms with E-state index in [4.69, 9.17) is 10.5 Å². The minimum atomic E-state index is 0. The van der Waals surface area contributed by atoms with Crippen LogP contribution in [0, 0.1) is 0 Å². The van der Waals surface area contributed by atoms with E-state index in [1.54, 1.807) is 7.11 Å². The quantitative estimate of drug-likeness (QED) is 0.305. The molecule has 24 heavy (non-hydrogen) atoms. The Morgan fingerprint density at radius 3 is 3.00 bits per heavy atom. The first-order chi connectivity index (χ1) is 11.2. The van der Waals surface area contributed by atoms with Crippen molar-refractivity contribution in [1.29, 1.82) is 0 Å². The van der Waals surface area contributed by atoms with Gasteiger partial charge in [0.1, 0.15) is 5.75 Å². The fraction of sp³-hybridized carbons (Fsp3) is 0.529. The summed E-state index contributed by atoms with van der Waals surface area (Å²) < 4.78 is 5.16. The van der Waals surface area contributed by atoms with E-state index in [-0.39, 0.29) is 29.9 Å². The van der Waals surface area contributed by atoms with Gasteiger partial charge in [0.05, 0.1) is 7.11 Å². The zero-order chi connectivity index (χ0) is 16.5. The number of amides is 1. The molecule has 7 heteroatoms. The van der Waals surface area contributed by atoms with E-state index in [1.165, 1.54) is 0 Å². The topological polar surface area (TPSA) is 80.0 Å². The van der Waals surface area contributed by atoms with Gasteiger partial charge in [0.2, 0.25) is 5.91 Å². The van der Waals surface area contributed by atoms with Crippen molar-refractivity contribution in [2.24, 2.45) is 10.7 Å². The minimum Gasteiger partial charge on any atom is -0.497 e. The molecule has 0 unspecified atom stereocenters. The van der Waals surface area contributed by atoms with Gasteiger partial charge in [0.15, 0.2) is 5.96 Å². The van der Waals surface area contributed by atoms with Crippen LogP contribution in [0.5, 0.6) is 5.75 Å². The largest absolute Gasteiger partial charge is 0.497 e. The van der Waals surface area contributed by atoms with Gasteiger partial charge in [-0.1, -0.05) is 12.5 Å². The highest BCUT2D eigenvalue weighted by atomic mass is 127. The molecule has 0 atom stereocenters. The lowest BCUT2D eigenvalue weighted by atomic mass is 10.2. The van der Waals surface area contributed by atoms with Crippen LogP contribution in [0.1, 0.15) is 32.1 Å². The second-order valence-electron chi connectivity index (χ2n) is 5.67. The molecule has 134 valence electrons. The van der Waals surface area contributed by atoms with Crippen LogP contribution in [0.3, 0.4) is 0 Å². The lowest BCUT2D eigenvalue weighted by Gasteiger charge is -2.19. The number of anilines is 1. The summed E-state index contributed by atoms with van der Waals surface area (Å²) in [6.45, 7) is 2.24.